The van der Waals surface area contributed by atoms with Crippen LogP contribution in [0, 0.1) is 0 Å². The average Bonchev–Trinajstić information content (AvgIpc) is 3.80. The first kappa shape index (κ1) is 40.6. The predicted molar refractivity (Wildman–Crippen MR) is 280 cm³/mol. The largest absolute Gasteiger partial charge is 0.507 e. The molecule has 0 amide bonds. The van der Waals surface area contributed by atoms with E-state index in [0.717, 1.165) is 50.1 Å². The molecule has 0 bridgehead atoms. The van der Waals surface area contributed by atoms with E-state index in [1.54, 1.807) is 0 Å². The van der Waals surface area contributed by atoms with E-state index in [0.29, 0.717) is 5.75 Å². The zero-order chi connectivity index (χ0) is 45.4. The second-order valence-electron chi connectivity index (χ2n) is 19.1. The van der Waals surface area contributed by atoms with Crippen LogP contribution >= 0.6 is 0 Å². The van der Waals surface area contributed by atoms with Crippen LogP contribution in [0.3, 0.4) is 0 Å². The van der Waals surface area contributed by atoms with E-state index >= 15 is 0 Å². The van der Waals surface area contributed by atoms with Crippen LogP contribution in [-0.2, 0) is 10.8 Å². The Morgan fingerprint density at radius 1 is 0.403 bits per heavy atom. The summed E-state index contributed by atoms with van der Waals surface area (Å²) in [6, 6.07) is 82.1. The Morgan fingerprint density at radius 3 is 1.66 bits per heavy atom. The normalized spacial score (nSPS) is 13.8. The van der Waals surface area contributed by atoms with Crippen molar-refractivity contribution in [2.75, 3.05) is 4.90 Å². The third-order valence-corrected chi connectivity index (χ3v) is 14.8. The Balaban J connectivity index is 1.16. The van der Waals surface area contributed by atoms with Crippen LogP contribution in [0.2, 0.25) is 0 Å². The fraction of sp³-hybridized carbons (Fsp3) is 0.108. The summed E-state index contributed by atoms with van der Waals surface area (Å²) in [4.78, 5) is 2.54. The minimum Gasteiger partial charge on any atom is -0.507 e. The molecule has 10 aromatic carbocycles. The van der Waals surface area contributed by atoms with Gasteiger partial charge < -0.3 is 10.0 Å². The van der Waals surface area contributed by atoms with Crippen molar-refractivity contribution in [3.05, 3.63) is 263 Å². The highest BCUT2D eigenvalue weighted by atomic mass is 16.3. The summed E-state index contributed by atoms with van der Waals surface area (Å²) in [5.41, 5.74) is 20.6. The fourth-order valence-corrected chi connectivity index (χ4v) is 11.9. The van der Waals surface area contributed by atoms with Gasteiger partial charge in [0.25, 0.3) is 0 Å². The Hall–Kier alpha value is -7.94. The second-order valence-corrected chi connectivity index (χ2v) is 19.1. The summed E-state index contributed by atoms with van der Waals surface area (Å²) >= 11 is 0. The van der Waals surface area contributed by atoms with Crippen molar-refractivity contribution in [3.63, 3.8) is 0 Å². The molecule has 0 radical (unpaired) electrons. The zero-order valence-corrected chi connectivity index (χ0v) is 38.3. The molecular weight excluding hydrogens is 811 g/mol. The molecule has 0 aliphatic heterocycles. The fourth-order valence-electron chi connectivity index (χ4n) is 11.9. The third kappa shape index (κ3) is 6.02. The lowest BCUT2D eigenvalue weighted by Crippen LogP contribution is -2.28. The van der Waals surface area contributed by atoms with E-state index in [2.05, 4.69) is 239 Å². The van der Waals surface area contributed by atoms with Crippen molar-refractivity contribution in [2.45, 2.75) is 44.4 Å². The molecule has 0 saturated carbocycles. The van der Waals surface area contributed by atoms with Gasteiger partial charge in [-0.2, -0.15) is 0 Å². The number of aromatic hydroxyl groups is 1. The number of para-hydroxylation sites is 1. The van der Waals surface area contributed by atoms with Crippen molar-refractivity contribution in [1.29, 1.82) is 0 Å². The Labute approximate surface area is 394 Å². The first-order valence-corrected chi connectivity index (χ1v) is 23.6. The number of hydrogen-bond donors (Lipinski definition) is 1. The van der Waals surface area contributed by atoms with Crippen LogP contribution in [0.25, 0.3) is 55.3 Å². The number of nitrogens with zero attached hydrogens (tertiary/aromatic N) is 1. The van der Waals surface area contributed by atoms with Crippen LogP contribution in [0.5, 0.6) is 5.75 Å². The molecule has 1 N–H and O–H groups in total. The topological polar surface area (TPSA) is 23.5 Å². The SMILES string of the molecule is CC(C)c1c(-c2ccccc2N(c2ccc3c(c2)C(c2ccccc2)(c2ccccc2)c2ccccc2-3)c2cccc3c2-c2ccccc2C3(C)C)cccc1-c1ccc2ccccc2c1O. The second kappa shape index (κ2) is 15.6. The molecule has 2 heteroatoms. The molecule has 2 aliphatic carbocycles. The first-order chi connectivity index (χ1) is 32.8. The van der Waals surface area contributed by atoms with E-state index in [1.807, 2.05) is 18.2 Å². The minimum absolute atomic E-state index is 0.142. The summed E-state index contributed by atoms with van der Waals surface area (Å²) in [7, 11) is 0. The number of anilines is 3. The smallest absolute Gasteiger partial charge is 0.131 e. The summed E-state index contributed by atoms with van der Waals surface area (Å²) < 4.78 is 0. The number of fused-ring (bicyclic) bond motifs is 7. The maximum atomic E-state index is 12.0. The summed E-state index contributed by atoms with van der Waals surface area (Å²) in [6.07, 6.45) is 0. The zero-order valence-electron chi connectivity index (χ0n) is 38.3. The highest BCUT2D eigenvalue weighted by Gasteiger charge is 2.47. The van der Waals surface area contributed by atoms with Crippen LogP contribution in [0.15, 0.2) is 224 Å². The van der Waals surface area contributed by atoms with Crippen LogP contribution in [-0.4, -0.2) is 5.11 Å². The van der Waals surface area contributed by atoms with E-state index in [1.165, 1.54) is 61.2 Å². The molecule has 0 aromatic heterocycles. The van der Waals surface area contributed by atoms with Gasteiger partial charge in [0.2, 0.25) is 0 Å². The van der Waals surface area contributed by atoms with Gasteiger partial charge in [-0.15, -0.1) is 0 Å². The molecule has 322 valence electrons. The van der Waals surface area contributed by atoms with Crippen LogP contribution < -0.4 is 4.90 Å². The molecule has 0 fully saturated rings. The highest BCUT2D eigenvalue weighted by Crippen LogP contribution is 2.59. The van der Waals surface area contributed by atoms with Gasteiger partial charge in [-0.05, 0) is 102 Å². The van der Waals surface area contributed by atoms with Crippen molar-refractivity contribution in [1.82, 2.24) is 0 Å². The van der Waals surface area contributed by atoms with Crippen molar-refractivity contribution >= 4 is 27.8 Å². The molecule has 2 aliphatic rings. The van der Waals surface area contributed by atoms with E-state index in [9.17, 15) is 5.11 Å². The molecular formula is C65H51NO. The Bertz CT molecular complexity index is 3510. The standard InChI is InChI=1S/C65H51NO/c1-42(2)61-51(30-19-31-52(61)53-39-37-43-21-11-12-26-47(43)63(53)67)50-28-15-18-35-59(50)66(60-36-20-34-57-62(60)54-29-14-16-32-55(54)64(57,3)4)46-38-40-49-48-27-13-17-33-56(48)65(58(49)41-46,44-22-7-5-8-23-44)45-24-9-6-10-25-45/h5-42,67H,1-4H3. The highest BCUT2D eigenvalue weighted by molar-refractivity contribution is 6.01. The monoisotopic (exact) mass is 861 g/mol. The molecule has 10 aromatic rings. The van der Waals surface area contributed by atoms with Gasteiger partial charge in [0.05, 0.1) is 16.8 Å². The lowest BCUT2D eigenvalue weighted by molar-refractivity contribution is 0.483. The summed E-state index contributed by atoms with van der Waals surface area (Å²) in [5.74, 6) is 0.454. The maximum absolute atomic E-state index is 12.0. The van der Waals surface area contributed by atoms with Crippen molar-refractivity contribution in [2.24, 2.45) is 0 Å². The number of rotatable bonds is 8. The van der Waals surface area contributed by atoms with Gasteiger partial charge in [0.15, 0.2) is 0 Å². The molecule has 2 nitrogen and oxygen atoms in total. The molecule has 0 atom stereocenters. The van der Waals surface area contributed by atoms with Gasteiger partial charge in [0, 0.05) is 33.2 Å². The Kier molecular flexibility index (Phi) is 9.45. The average molecular weight is 862 g/mol. The van der Waals surface area contributed by atoms with Crippen LogP contribution in [0.4, 0.5) is 17.1 Å². The van der Waals surface area contributed by atoms with Gasteiger partial charge in [-0.1, -0.05) is 228 Å². The van der Waals surface area contributed by atoms with Gasteiger partial charge in [-0.3, -0.25) is 0 Å². The maximum Gasteiger partial charge on any atom is 0.131 e. The lowest BCUT2D eigenvalue weighted by Gasteiger charge is -2.35. The van der Waals surface area contributed by atoms with Gasteiger partial charge in [0.1, 0.15) is 5.75 Å². The molecule has 0 unspecified atom stereocenters. The molecule has 12 rings (SSSR count). The summed E-state index contributed by atoms with van der Waals surface area (Å²) in [5, 5.41) is 13.8. The predicted octanol–water partition coefficient (Wildman–Crippen LogP) is 17.1. The minimum atomic E-state index is -0.566. The number of phenolic OH excluding ortho intramolecular Hbond substituents is 1. The molecule has 0 spiro atoms. The van der Waals surface area contributed by atoms with Crippen molar-refractivity contribution < 1.29 is 5.11 Å². The third-order valence-electron chi connectivity index (χ3n) is 14.8. The van der Waals surface area contributed by atoms with Gasteiger partial charge in [-0.25, -0.2) is 0 Å². The number of hydrogen-bond acceptors (Lipinski definition) is 2. The van der Waals surface area contributed by atoms with E-state index < -0.39 is 5.41 Å². The summed E-state index contributed by atoms with van der Waals surface area (Å²) in [6.45, 7) is 9.27. The number of phenols is 1. The van der Waals surface area contributed by atoms with Gasteiger partial charge >= 0.3 is 0 Å². The quantitative estimate of drug-likeness (QED) is 0.165. The van der Waals surface area contributed by atoms with E-state index in [-0.39, 0.29) is 11.3 Å². The van der Waals surface area contributed by atoms with E-state index in [4.69, 9.17) is 0 Å². The van der Waals surface area contributed by atoms with Crippen molar-refractivity contribution in [3.8, 4) is 50.3 Å². The Morgan fingerprint density at radius 2 is 0.925 bits per heavy atom. The lowest BCUT2D eigenvalue weighted by atomic mass is 9.67. The molecule has 67 heavy (non-hydrogen) atoms. The molecule has 0 saturated heterocycles. The van der Waals surface area contributed by atoms with Crippen LogP contribution in [0.1, 0.15) is 72.6 Å². The first-order valence-electron chi connectivity index (χ1n) is 23.6. The molecule has 0 heterocycles. The number of benzene rings is 10.